The zero-order valence-electron chi connectivity index (χ0n) is 21.4. The summed E-state index contributed by atoms with van der Waals surface area (Å²) in [5.74, 6) is -0.183. The van der Waals surface area contributed by atoms with Crippen molar-refractivity contribution in [2.24, 2.45) is 0 Å². The summed E-state index contributed by atoms with van der Waals surface area (Å²) in [5, 5.41) is 2.80. The summed E-state index contributed by atoms with van der Waals surface area (Å²) in [7, 11) is 0. The predicted molar refractivity (Wildman–Crippen MR) is 149 cm³/mol. The fraction of sp³-hybridized carbons (Fsp3) is 0.393. The Balaban J connectivity index is 1.53. The zero-order chi connectivity index (χ0) is 26.4. The lowest BCUT2D eigenvalue weighted by molar-refractivity contribution is -0.138. The van der Waals surface area contributed by atoms with Gasteiger partial charge in [0.05, 0.1) is 25.6 Å². The highest BCUT2D eigenvalue weighted by molar-refractivity contribution is 14.1. The Morgan fingerprint density at radius 2 is 1.97 bits per heavy atom. The molecule has 1 aromatic heterocycles. The van der Waals surface area contributed by atoms with E-state index in [1.807, 2.05) is 41.3 Å². The number of carbonyl (C=O) groups excluding carboxylic acids is 2. The summed E-state index contributed by atoms with van der Waals surface area (Å²) < 4.78 is 12.7. The molecule has 2 atom stereocenters. The van der Waals surface area contributed by atoms with Crippen molar-refractivity contribution in [3.63, 3.8) is 0 Å². The number of imidazole rings is 1. The summed E-state index contributed by atoms with van der Waals surface area (Å²) in [6.07, 6.45) is 3.53. The van der Waals surface area contributed by atoms with E-state index in [1.54, 1.807) is 33.3 Å². The number of benzene rings is 2. The first-order valence-corrected chi connectivity index (χ1v) is 13.4. The molecule has 2 amide bonds. The normalized spacial score (nSPS) is 16.1. The van der Waals surface area contributed by atoms with E-state index in [9.17, 15) is 9.59 Å². The number of halogens is 1. The lowest BCUT2D eigenvalue weighted by Gasteiger charge is -2.39. The minimum atomic E-state index is -0.821. The van der Waals surface area contributed by atoms with Crippen molar-refractivity contribution in [3.05, 3.63) is 87.0 Å². The Labute approximate surface area is 231 Å². The van der Waals surface area contributed by atoms with E-state index in [4.69, 9.17) is 9.47 Å². The highest BCUT2D eigenvalue weighted by Crippen LogP contribution is 2.25. The summed E-state index contributed by atoms with van der Waals surface area (Å²) >= 11 is 2.29. The van der Waals surface area contributed by atoms with Crippen LogP contribution in [0, 0.1) is 3.57 Å². The van der Waals surface area contributed by atoms with Crippen molar-refractivity contribution >= 4 is 34.6 Å². The summed E-state index contributed by atoms with van der Waals surface area (Å²) in [6.45, 7) is 6.67. The molecule has 9 heteroatoms. The topological polar surface area (TPSA) is 96.5 Å². The molecule has 1 aliphatic rings. The molecular formula is C28H33IN4O4. The van der Waals surface area contributed by atoms with Crippen LogP contribution in [0.5, 0.6) is 0 Å². The van der Waals surface area contributed by atoms with Crippen molar-refractivity contribution < 1.29 is 19.1 Å². The van der Waals surface area contributed by atoms with Crippen molar-refractivity contribution in [1.29, 1.82) is 0 Å². The number of fused-ring (bicyclic) bond motifs is 1. The van der Waals surface area contributed by atoms with Crippen LogP contribution in [0.3, 0.4) is 0 Å². The molecule has 0 radical (unpaired) electrons. The lowest BCUT2D eigenvalue weighted by atomic mass is 9.93. The maximum atomic E-state index is 14.0. The van der Waals surface area contributed by atoms with Gasteiger partial charge in [-0.25, -0.2) is 9.78 Å². The Morgan fingerprint density at radius 3 is 2.68 bits per heavy atom. The third kappa shape index (κ3) is 7.78. The van der Waals surface area contributed by atoms with Crippen LogP contribution in [0.25, 0.3) is 0 Å². The molecule has 4 rings (SSSR count). The van der Waals surface area contributed by atoms with Gasteiger partial charge in [-0.15, -0.1) is 0 Å². The van der Waals surface area contributed by atoms with Gasteiger partial charge in [-0.3, -0.25) is 4.79 Å². The van der Waals surface area contributed by atoms with Crippen LogP contribution >= 0.6 is 22.6 Å². The first-order chi connectivity index (χ1) is 17.7. The molecule has 37 heavy (non-hydrogen) atoms. The molecule has 8 nitrogen and oxygen atoms in total. The smallest absolute Gasteiger partial charge is 0.408 e. The minimum Gasteiger partial charge on any atom is -0.444 e. The number of aromatic nitrogens is 2. The molecule has 0 fully saturated rings. The van der Waals surface area contributed by atoms with E-state index >= 15 is 0 Å². The van der Waals surface area contributed by atoms with Crippen LogP contribution in [0.2, 0.25) is 0 Å². The van der Waals surface area contributed by atoms with Gasteiger partial charge in [-0.2, -0.15) is 0 Å². The van der Waals surface area contributed by atoms with Crippen molar-refractivity contribution in [1.82, 2.24) is 20.2 Å². The average Bonchev–Trinajstić information content (AvgIpc) is 3.35. The van der Waals surface area contributed by atoms with E-state index in [0.717, 1.165) is 20.4 Å². The maximum Gasteiger partial charge on any atom is 0.408 e. The Hall–Kier alpha value is -2.92. The molecule has 0 bridgehead atoms. The molecule has 0 spiro atoms. The van der Waals surface area contributed by atoms with Crippen molar-refractivity contribution in [2.45, 2.75) is 64.4 Å². The number of carbonyl (C=O) groups is 2. The molecule has 1 aliphatic heterocycles. The Morgan fingerprint density at radius 1 is 1.19 bits per heavy atom. The number of H-pyrrole nitrogens is 1. The van der Waals surface area contributed by atoms with Crippen molar-refractivity contribution in [3.8, 4) is 0 Å². The van der Waals surface area contributed by atoms with E-state index in [-0.39, 0.29) is 18.4 Å². The standard InChI is InChI=1S/C28H33IN4O4/c1-28(2,3)37-27(35)32-25(13-23-14-30-18-31-23)26(34)33-15-21-9-5-4-8-20(21)12-24(33)17-36-16-19-7-6-10-22(29)11-19/h4-11,14,18,24-25H,12-13,15-17H2,1-3H3,(H,30,31)(H,32,35)/t24-,25-/m0/s1. The highest BCUT2D eigenvalue weighted by atomic mass is 127. The van der Waals surface area contributed by atoms with Gasteiger partial charge in [-0.05, 0) is 78.6 Å². The van der Waals surface area contributed by atoms with Gasteiger partial charge in [0.25, 0.3) is 0 Å². The number of rotatable bonds is 8. The molecule has 0 unspecified atom stereocenters. The van der Waals surface area contributed by atoms with Crippen LogP contribution in [0.15, 0.2) is 61.1 Å². The van der Waals surface area contributed by atoms with Crippen LogP contribution < -0.4 is 5.32 Å². The SMILES string of the molecule is CC(C)(C)OC(=O)N[C@@H](Cc1cnc[nH]1)C(=O)N1Cc2ccccc2C[C@H]1COCc1cccc(I)c1. The fourth-order valence-electron chi connectivity index (χ4n) is 4.40. The first-order valence-electron chi connectivity index (χ1n) is 12.3. The molecule has 2 heterocycles. The number of alkyl carbamates (subject to hydrolysis) is 1. The molecule has 2 aromatic carbocycles. The fourth-order valence-corrected chi connectivity index (χ4v) is 5.01. The number of nitrogens with one attached hydrogen (secondary N) is 2. The van der Waals surface area contributed by atoms with Gasteiger partial charge >= 0.3 is 6.09 Å². The molecule has 3 aromatic rings. The number of hydrogen-bond donors (Lipinski definition) is 2. The van der Waals surface area contributed by atoms with E-state index < -0.39 is 17.7 Å². The molecule has 0 saturated carbocycles. The number of ether oxygens (including phenoxy) is 2. The van der Waals surface area contributed by atoms with Crippen LogP contribution in [0.1, 0.15) is 43.2 Å². The average molecular weight is 617 g/mol. The largest absolute Gasteiger partial charge is 0.444 e. The second-order valence-electron chi connectivity index (χ2n) is 10.2. The Bertz CT molecular complexity index is 1210. The number of hydrogen-bond acceptors (Lipinski definition) is 5. The lowest BCUT2D eigenvalue weighted by Crippen LogP contribution is -2.55. The number of nitrogens with zero attached hydrogens (tertiary/aromatic N) is 2. The third-order valence-electron chi connectivity index (χ3n) is 6.07. The number of aromatic amines is 1. The maximum absolute atomic E-state index is 14.0. The molecule has 2 N–H and O–H groups in total. The van der Waals surface area contributed by atoms with Gasteiger partial charge in [0.1, 0.15) is 11.6 Å². The van der Waals surface area contributed by atoms with Gasteiger partial charge in [-0.1, -0.05) is 36.4 Å². The molecular weight excluding hydrogens is 583 g/mol. The summed E-state index contributed by atoms with van der Waals surface area (Å²) in [4.78, 5) is 35.6. The summed E-state index contributed by atoms with van der Waals surface area (Å²) in [6, 6.07) is 15.3. The van der Waals surface area contributed by atoms with E-state index in [1.165, 1.54) is 5.56 Å². The van der Waals surface area contributed by atoms with Gasteiger partial charge in [0, 0.05) is 28.4 Å². The molecule has 0 aliphatic carbocycles. The van der Waals surface area contributed by atoms with Crippen molar-refractivity contribution in [2.75, 3.05) is 6.61 Å². The van der Waals surface area contributed by atoms with Crippen LogP contribution in [-0.2, 0) is 40.3 Å². The third-order valence-corrected chi connectivity index (χ3v) is 6.75. The second-order valence-corrected chi connectivity index (χ2v) is 11.5. The van der Waals surface area contributed by atoms with Crippen LogP contribution in [-0.4, -0.2) is 51.2 Å². The summed E-state index contributed by atoms with van der Waals surface area (Å²) in [5.41, 5.74) is 3.46. The van der Waals surface area contributed by atoms with Crippen LogP contribution in [0.4, 0.5) is 4.79 Å². The van der Waals surface area contributed by atoms with E-state index in [0.29, 0.717) is 26.2 Å². The van der Waals surface area contributed by atoms with Gasteiger partial charge < -0.3 is 24.7 Å². The Kier molecular flexibility index (Phi) is 8.86. The highest BCUT2D eigenvalue weighted by Gasteiger charge is 2.35. The zero-order valence-corrected chi connectivity index (χ0v) is 23.5. The molecule has 0 saturated heterocycles. The second kappa shape index (κ2) is 12.1. The monoisotopic (exact) mass is 616 g/mol. The van der Waals surface area contributed by atoms with E-state index in [2.05, 4.69) is 50.0 Å². The quantitative estimate of drug-likeness (QED) is 0.361. The number of amides is 2. The van der Waals surface area contributed by atoms with Gasteiger partial charge in [0.15, 0.2) is 0 Å². The first kappa shape index (κ1) is 27.1. The minimum absolute atomic E-state index is 0.171. The predicted octanol–water partition coefficient (Wildman–Crippen LogP) is 4.62. The molecule has 196 valence electrons. The van der Waals surface area contributed by atoms with Gasteiger partial charge in [0.2, 0.25) is 5.91 Å².